The Balaban J connectivity index is 3.07. The fourth-order valence-electron chi connectivity index (χ4n) is 1.64. The van der Waals surface area contributed by atoms with Gasteiger partial charge in [-0.05, 0) is 45.6 Å². The Kier molecular flexibility index (Phi) is 5.09. The van der Waals surface area contributed by atoms with Gasteiger partial charge in [0.1, 0.15) is 0 Å². The van der Waals surface area contributed by atoms with E-state index in [0.29, 0.717) is 0 Å². The van der Waals surface area contributed by atoms with Crippen LogP contribution in [-0.2, 0) is 10.0 Å². The molecule has 0 aromatic heterocycles. The lowest BCUT2D eigenvalue weighted by atomic mass is 10.1. The Morgan fingerprint density at radius 3 is 1.89 bits per heavy atom. The van der Waals surface area contributed by atoms with Crippen LogP contribution >= 0.6 is 0 Å². The summed E-state index contributed by atoms with van der Waals surface area (Å²) in [5.74, 6) is 0. The first kappa shape index (κ1) is 16.1. The lowest BCUT2D eigenvalue weighted by Crippen LogP contribution is -2.43. The topological polar surface area (TPSA) is 66.6 Å². The highest BCUT2D eigenvalue weighted by molar-refractivity contribution is 7.89. The second kappa shape index (κ2) is 6.00. The van der Waals surface area contributed by atoms with E-state index in [-0.39, 0.29) is 17.1 Å². The van der Waals surface area contributed by atoms with Gasteiger partial charge in [-0.3, -0.25) is 4.90 Å². The van der Waals surface area contributed by atoms with Crippen LogP contribution in [0, 0.1) is 0 Å². The van der Waals surface area contributed by atoms with E-state index in [1.54, 1.807) is 31.3 Å². The zero-order chi connectivity index (χ0) is 14.8. The van der Waals surface area contributed by atoms with E-state index < -0.39 is 10.0 Å². The second-order valence-electron chi connectivity index (χ2n) is 4.97. The first-order valence-corrected chi connectivity index (χ1v) is 7.62. The van der Waals surface area contributed by atoms with E-state index in [0.717, 1.165) is 5.56 Å². The largest absolute Gasteiger partial charge is 0.324 e. The van der Waals surface area contributed by atoms with Gasteiger partial charge in [0.25, 0.3) is 0 Å². The molecule has 1 aromatic carbocycles. The Morgan fingerprint density at radius 1 is 1.05 bits per heavy atom. The highest BCUT2D eigenvalue weighted by Gasteiger charge is 2.26. The molecule has 108 valence electrons. The molecule has 0 aliphatic rings. The van der Waals surface area contributed by atoms with Gasteiger partial charge in [-0.15, -0.1) is 0 Å². The second-order valence-corrected chi connectivity index (χ2v) is 6.97. The van der Waals surface area contributed by atoms with Crippen LogP contribution in [0.1, 0.15) is 25.5 Å². The molecule has 0 heterocycles. The maximum absolute atomic E-state index is 12.4. The monoisotopic (exact) mass is 285 g/mol. The molecule has 2 N–H and O–H groups in total. The van der Waals surface area contributed by atoms with Crippen molar-refractivity contribution in [2.75, 3.05) is 21.1 Å². The Labute approximate surface area is 116 Å². The Bertz CT molecular complexity index is 509. The Hall–Kier alpha value is -0.950. The summed E-state index contributed by atoms with van der Waals surface area (Å²) in [5, 5.41) is 0. The molecule has 0 aliphatic heterocycles. The molecule has 1 aromatic rings. The van der Waals surface area contributed by atoms with Crippen molar-refractivity contribution in [3.63, 3.8) is 0 Å². The highest BCUT2D eigenvalue weighted by atomic mass is 32.2. The molecule has 1 rings (SSSR count). The number of nitrogens with two attached hydrogens (primary N) is 1. The van der Waals surface area contributed by atoms with Gasteiger partial charge in [0.2, 0.25) is 10.0 Å². The van der Waals surface area contributed by atoms with Gasteiger partial charge in [-0.1, -0.05) is 12.1 Å². The molecule has 0 saturated carbocycles. The minimum absolute atomic E-state index is 0.102. The maximum atomic E-state index is 12.4. The summed E-state index contributed by atoms with van der Waals surface area (Å²) in [7, 11) is 1.79. The average molecular weight is 285 g/mol. The van der Waals surface area contributed by atoms with Crippen molar-refractivity contribution in [3.05, 3.63) is 29.8 Å². The average Bonchev–Trinajstić information content (AvgIpc) is 2.36. The van der Waals surface area contributed by atoms with Crippen molar-refractivity contribution < 1.29 is 8.42 Å². The van der Waals surface area contributed by atoms with Gasteiger partial charge in [0.05, 0.1) is 11.1 Å². The molecule has 0 spiro atoms. The van der Waals surface area contributed by atoms with E-state index in [9.17, 15) is 8.42 Å². The molecule has 19 heavy (non-hydrogen) atoms. The molecule has 0 bridgehead atoms. The third-order valence-corrected chi connectivity index (χ3v) is 5.29. The first-order valence-electron chi connectivity index (χ1n) is 6.18. The van der Waals surface area contributed by atoms with Gasteiger partial charge >= 0.3 is 0 Å². The number of benzene rings is 1. The molecule has 0 aliphatic carbocycles. The summed E-state index contributed by atoms with van der Waals surface area (Å²) in [6, 6.07) is 6.62. The van der Waals surface area contributed by atoms with Crippen LogP contribution in [0.5, 0.6) is 0 Å². The molecule has 2 atom stereocenters. The number of nitrogens with zero attached hydrogens (tertiary/aromatic N) is 2. The summed E-state index contributed by atoms with van der Waals surface area (Å²) < 4.78 is 26.2. The fraction of sp³-hybridized carbons (Fsp3) is 0.538. The van der Waals surface area contributed by atoms with Crippen LogP contribution in [0.15, 0.2) is 29.2 Å². The van der Waals surface area contributed by atoms with Crippen molar-refractivity contribution in [2.24, 2.45) is 5.73 Å². The van der Waals surface area contributed by atoms with Crippen molar-refractivity contribution in [1.29, 1.82) is 0 Å². The van der Waals surface area contributed by atoms with E-state index in [4.69, 9.17) is 5.73 Å². The van der Waals surface area contributed by atoms with Crippen molar-refractivity contribution in [3.8, 4) is 0 Å². The zero-order valence-electron chi connectivity index (χ0n) is 12.2. The predicted octanol–water partition coefficient (Wildman–Crippen LogP) is 1.23. The van der Waals surface area contributed by atoms with Gasteiger partial charge < -0.3 is 5.73 Å². The minimum atomic E-state index is -3.47. The summed E-state index contributed by atoms with van der Waals surface area (Å²) in [6.07, 6.45) is -0.210. The highest BCUT2D eigenvalue weighted by Crippen LogP contribution is 2.19. The summed E-state index contributed by atoms with van der Waals surface area (Å²) >= 11 is 0. The molecule has 2 unspecified atom stereocenters. The Morgan fingerprint density at radius 2 is 1.53 bits per heavy atom. The van der Waals surface area contributed by atoms with E-state index >= 15 is 0 Å². The van der Waals surface area contributed by atoms with Gasteiger partial charge in [-0.2, -0.15) is 4.31 Å². The minimum Gasteiger partial charge on any atom is -0.324 e. The first-order chi connectivity index (χ1) is 8.67. The normalized spacial score (nSPS) is 15.8. The zero-order valence-corrected chi connectivity index (χ0v) is 13.0. The molecule has 0 radical (unpaired) electrons. The van der Waals surface area contributed by atoms with Crippen LogP contribution in [0.25, 0.3) is 0 Å². The number of rotatable bonds is 5. The van der Waals surface area contributed by atoms with Crippen LogP contribution in [0.3, 0.4) is 0 Å². The molecular weight excluding hydrogens is 262 g/mol. The van der Waals surface area contributed by atoms with Crippen LogP contribution in [0.4, 0.5) is 0 Å². The van der Waals surface area contributed by atoms with Gasteiger partial charge in [-0.25, -0.2) is 8.42 Å². The molecule has 0 amide bonds. The summed E-state index contributed by atoms with van der Waals surface area (Å²) in [6.45, 7) is 3.71. The number of sulfonamides is 1. The van der Waals surface area contributed by atoms with Gasteiger partial charge in [0.15, 0.2) is 0 Å². The standard InChI is InChI=1S/C13H23N3O2S/c1-10(14)12-6-8-13(9-7-12)19(17,18)16(5)11(2)15(3)4/h6-11H,14H2,1-5H3. The fourth-order valence-corrected chi connectivity index (χ4v) is 3.04. The molecule has 5 nitrogen and oxygen atoms in total. The lowest BCUT2D eigenvalue weighted by Gasteiger charge is -2.29. The van der Waals surface area contributed by atoms with E-state index in [2.05, 4.69) is 0 Å². The third kappa shape index (κ3) is 3.54. The summed E-state index contributed by atoms with van der Waals surface area (Å²) in [4.78, 5) is 2.13. The molecular formula is C13H23N3O2S. The van der Waals surface area contributed by atoms with Crippen LogP contribution in [-0.4, -0.2) is 44.9 Å². The van der Waals surface area contributed by atoms with Crippen molar-refractivity contribution >= 4 is 10.0 Å². The number of hydrogen-bond donors (Lipinski definition) is 1. The predicted molar refractivity (Wildman–Crippen MR) is 77.1 cm³/mol. The third-order valence-electron chi connectivity index (χ3n) is 3.36. The van der Waals surface area contributed by atoms with E-state index in [1.807, 2.05) is 32.8 Å². The molecule has 0 fully saturated rings. The maximum Gasteiger partial charge on any atom is 0.244 e. The van der Waals surface area contributed by atoms with Crippen LogP contribution < -0.4 is 5.73 Å². The SMILES string of the molecule is CC(N)c1ccc(S(=O)(=O)N(C)C(C)N(C)C)cc1. The molecule has 0 saturated heterocycles. The van der Waals surface area contributed by atoms with Crippen molar-refractivity contribution in [2.45, 2.75) is 31.0 Å². The van der Waals surface area contributed by atoms with Crippen LogP contribution in [0.2, 0.25) is 0 Å². The molecule has 6 heteroatoms. The number of hydrogen-bond acceptors (Lipinski definition) is 4. The summed E-state index contributed by atoms with van der Waals surface area (Å²) in [5.41, 5.74) is 6.67. The van der Waals surface area contributed by atoms with E-state index in [1.165, 1.54) is 4.31 Å². The smallest absolute Gasteiger partial charge is 0.244 e. The van der Waals surface area contributed by atoms with Gasteiger partial charge in [0, 0.05) is 13.1 Å². The quantitative estimate of drug-likeness (QED) is 0.826. The van der Waals surface area contributed by atoms with Crippen molar-refractivity contribution in [1.82, 2.24) is 9.21 Å². The lowest BCUT2D eigenvalue weighted by molar-refractivity contribution is 0.194.